The van der Waals surface area contributed by atoms with E-state index in [2.05, 4.69) is 10.6 Å². The molecule has 1 saturated carbocycles. The summed E-state index contributed by atoms with van der Waals surface area (Å²) in [6.45, 7) is 0.284. The fourth-order valence-corrected chi connectivity index (χ4v) is 3.35. The molecule has 0 spiro atoms. The summed E-state index contributed by atoms with van der Waals surface area (Å²) < 4.78 is 10.5. The van der Waals surface area contributed by atoms with Crippen LogP contribution in [0.25, 0.3) is 0 Å². The average molecular weight is 398 g/mol. The van der Waals surface area contributed by atoms with Gasteiger partial charge in [0.25, 0.3) is 0 Å². The zero-order valence-electron chi connectivity index (χ0n) is 16.1. The molecule has 0 saturated heterocycles. The first-order chi connectivity index (χ1) is 14.1. The highest BCUT2D eigenvalue weighted by atomic mass is 16.6. The molecule has 3 atom stereocenters. The second-order valence-corrected chi connectivity index (χ2v) is 7.04. The number of hydrogen-bond acceptors (Lipinski definition) is 5. The van der Waals surface area contributed by atoms with Crippen LogP contribution in [0.15, 0.2) is 60.7 Å². The Hall–Kier alpha value is -3.06. The molecule has 3 N–H and O–H groups in total. The first-order valence-corrected chi connectivity index (χ1v) is 9.74. The van der Waals surface area contributed by atoms with Gasteiger partial charge in [0.1, 0.15) is 13.2 Å². The van der Waals surface area contributed by atoms with Crippen LogP contribution >= 0.6 is 0 Å². The molecule has 2 aromatic rings. The van der Waals surface area contributed by atoms with E-state index in [1.165, 1.54) is 0 Å². The predicted molar refractivity (Wildman–Crippen MR) is 107 cm³/mol. The first kappa shape index (κ1) is 20.7. The van der Waals surface area contributed by atoms with Crippen molar-refractivity contribution in [3.8, 4) is 0 Å². The number of benzene rings is 2. The van der Waals surface area contributed by atoms with Gasteiger partial charge in [-0.3, -0.25) is 0 Å². The molecule has 0 radical (unpaired) electrons. The van der Waals surface area contributed by atoms with Crippen LogP contribution in [0.2, 0.25) is 0 Å². The van der Waals surface area contributed by atoms with E-state index in [9.17, 15) is 14.7 Å². The maximum atomic E-state index is 12.2. The number of aliphatic hydroxyl groups excluding tert-OH is 1. The number of hydrogen-bond donors (Lipinski definition) is 3. The molecule has 29 heavy (non-hydrogen) atoms. The summed E-state index contributed by atoms with van der Waals surface area (Å²) in [5.74, 6) is 0. The van der Waals surface area contributed by atoms with E-state index >= 15 is 0 Å². The largest absolute Gasteiger partial charge is 0.445 e. The average Bonchev–Trinajstić information content (AvgIpc) is 2.75. The maximum Gasteiger partial charge on any atom is 0.407 e. The number of aliphatic hydroxyl groups is 1. The lowest BCUT2D eigenvalue weighted by molar-refractivity contribution is 0.0578. The second kappa shape index (κ2) is 10.5. The molecule has 2 aromatic carbocycles. The van der Waals surface area contributed by atoms with E-state index in [1.807, 2.05) is 60.7 Å². The van der Waals surface area contributed by atoms with Gasteiger partial charge in [-0.1, -0.05) is 60.7 Å². The summed E-state index contributed by atoms with van der Waals surface area (Å²) in [5, 5.41) is 15.8. The Morgan fingerprint density at radius 1 is 0.828 bits per heavy atom. The predicted octanol–water partition coefficient (Wildman–Crippen LogP) is 3.12. The fraction of sp³-hybridized carbons (Fsp3) is 0.364. The minimum absolute atomic E-state index is 0.132. The maximum absolute atomic E-state index is 12.2. The van der Waals surface area contributed by atoms with Crippen molar-refractivity contribution in [3.05, 3.63) is 71.8 Å². The zero-order chi connectivity index (χ0) is 20.5. The highest BCUT2D eigenvalue weighted by molar-refractivity contribution is 5.69. The third-order valence-corrected chi connectivity index (χ3v) is 4.88. The molecule has 0 bridgehead atoms. The van der Waals surface area contributed by atoms with Crippen LogP contribution in [0.4, 0.5) is 9.59 Å². The highest BCUT2D eigenvalue weighted by Crippen LogP contribution is 2.20. The SMILES string of the molecule is O=C(NC1CCCC(O)C1NC(=O)OCc1ccccc1)OCc1ccccc1. The number of ether oxygens (including phenoxy) is 2. The van der Waals surface area contributed by atoms with Crippen LogP contribution in [0.5, 0.6) is 0 Å². The summed E-state index contributed by atoms with van der Waals surface area (Å²) in [5.41, 5.74) is 1.75. The van der Waals surface area contributed by atoms with Crippen LogP contribution in [0, 0.1) is 0 Å². The molecular weight excluding hydrogens is 372 g/mol. The van der Waals surface area contributed by atoms with Crippen LogP contribution in [-0.4, -0.2) is 35.5 Å². The van der Waals surface area contributed by atoms with Gasteiger partial charge < -0.3 is 25.2 Å². The number of carbonyl (C=O) groups is 2. The van der Waals surface area contributed by atoms with Gasteiger partial charge in [0.2, 0.25) is 0 Å². The number of nitrogens with one attached hydrogen (secondary N) is 2. The molecule has 2 amide bonds. The van der Waals surface area contributed by atoms with Crippen LogP contribution < -0.4 is 10.6 Å². The van der Waals surface area contributed by atoms with Gasteiger partial charge in [0, 0.05) is 0 Å². The molecule has 1 aliphatic rings. The Morgan fingerprint density at radius 2 is 1.34 bits per heavy atom. The minimum Gasteiger partial charge on any atom is -0.445 e. The molecule has 1 aliphatic carbocycles. The number of alkyl carbamates (subject to hydrolysis) is 2. The van der Waals surface area contributed by atoms with Crippen molar-refractivity contribution in [2.24, 2.45) is 0 Å². The molecule has 154 valence electrons. The lowest BCUT2D eigenvalue weighted by Crippen LogP contribution is -2.59. The smallest absolute Gasteiger partial charge is 0.407 e. The Labute approximate surface area is 170 Å². The number of carbonyl (C=O) groups excluding carboxylic acids is 2. The van der Waals surface area contributed by atoms with Crippen molar-refractivity contribution in [1.82, 2.24) is 10.6 Å². The van der Waals surface area contributed by atoms with Crippen LogP contribution in [-0.2, 0) is 22.7 Å². The topological polar surface area (TPSA) is 96.9 Å². The Balaban J connectivity index is 1.50. The van der Waals surface area contributed by atoms with Gasteiger partial charge >= 0.3 is 12.2 Å². The van der Waals surface area contributed by atoms with E-state index in [-0.39, 0.29) is 13.2 Å². The molecule has 1 fully saturated rings. The van der Waals surface area contributed by atoms with Crippen molar-refractivity contribution in [3.63, 3.8) is 0 Å². The quantitative estimate of drug-likeness (QED) is 0.695. The Kier molecular flexibility index (Phi) is 7.47. The summed E-state index contributed by atoms with van der Waals surface area (Å²) in [4.78, 5) is 24.4. The van der Waals surface area contributed by atoms with E-state index in [1.54, 1.807) is 0 Å². The van der Waals surface area contributed by atoms with Gasteiger partial charge in [-0.05, 0) is 30.4 Å². The molecule has 0 aromatic heterocycles. The van der Waals surface area contributed by atoms with E-state index in [0.29, 0.717) is 12.8 Å². The number of rotatable bonds is 6. The van der Waals surface area contributed by atoms with Gasteiger partial charge in [-0.25, -0.2) is 9.59 Å². The molecule has 7 heteroatoms. The third-order valence-electron chi connectivity index (χ3n) is 4.88. The van der Waals surface area contributed by atoms with E-state index < -0.39 is 30.4 Å². The van der Waals surface area contributed by atoms with Crippen LogP contribution in [0.1, 0.15) is 30.4 Å². The zero-order valence-corrected chi connectivity index (χ0v) is 16.1. The fourth-order valence-electron chi connectivity index (χ4n) is 3.35. The summed E-state index contributed by atoms with van der Waals surface area (Å²) in [6, 6.07) is 17.6. The summed E-state index contributed by atoms with van der Waals surface area (Å²) >= 11 is 0. The standard InChI is InChI=1S/C22H26N2O5/c25-19-13-7-12-18(23-21(26)28-14-16-8-3-1-4-9-16)20(19)24-22(27)29-15-17-10-5-2-6-11-17/h1-6,8-11,18-20,25H,7,12-15H2,(H,23,26)(H,24,27). The van der Waals surface area contributed by atoms with Crippen LogP contribution in [0.3, 0.4) is 0 Å². The van der Waals surface area contributed by atoms with Crippen molar-refractivity contribution >= 4 is 12.2 Å². The lowest BCUT2D eigenvalue weighted by atomic mass is 9.88. The lowest BCUT2D eigenvalue weighted by Gasteiger charge is -2.35. The first-order valence-electron chi connectivity index (χ1n) is 9.74. The van der Waals surface area contributed by atoms with Gasteiger partial charge in [-0.15, -0.1) is 0 Å². The van der Waals surface area contributed by atoms with Gasteiger partial charge in [-0.2, -0.15) is 0 Å². The molecular formula is C22H26N2O5. The normalized spacial score (nSPS) is 21.1. The molecule has 3 rings (SSSR count). The summed E-state index contributed by atoms with van der Waals surface area (Å²) in [7, 11) is 0. The molecule has 7 nitrogen and oxygen atoms in total. The minimum atomic E-state index is -0.771. The van der Waals surface area contributed by atoms with Crippen molar-refractivity contribution < 1.29 is 24.2 Å². The third kappa shape index (κ3) is 6.50. The van der Waals surface area contributed by atoms with Gasteiger partial charge in [0.05, 0.1) is 18.2 Å². The highest BCUT2D eigenvalue weighted by Gasteiger charge is 2.35. The van der Waals surface area contributed by atoms with E-state index in [0.717, 1.165) is 17.5 Å². The van der Waals surface area contributed by atoms with Crippen molar-refractivity contribution in [2.75, 3.05) is 0 Å². The Bertz CT molecular complexity index is 784. The summed E-state index contributed by atoms with van der Waals surface area (Å²) in [6.07, 6.45) is -0.0848. The molecule has 0 heterocycles. The van der Waals surface area contributed by atoms with Crippen molar-refractivity contribution in [2.45, 2.75) is 50.7 Å². The van der Waals surface area contributed by atoms with Crippen molar-refractivity contribution in [1.29, 1.82) is 0 Å². The second-order valence-electron chi connectivity index (χ2n) is 7.04. The molecule has 3 unspecified atom stereocenters. The van der Waals surface area contributed by atoms with E-state index in [4.69, 9.17) is 9.47 Å². The number of amides is 2. The Morgan fingerprint density at radius 3 is 1.90 bits per heavy atom. The van der Waals surface area contributed by atoms with Gasteiger partial charge in [0.15, 0.2) is 0 Å². The molecule has 0 aliphatic heterocycles. The monoisotopic (exact) mass is 398 g/mol.